The van der Waals surface area contributed by atoms with Gasteiger partial charge in [-0.05, 0) is 61.1 Å². The molecule has 4 fully saturated rings. The van der Waals surface area contributed by atoms with Crippen LogP contribution in [0.5, 0.6) is 0 Å². The third-order valence-corrected chi connectivity index (χ3v) is 13.6. The van der Waals surface area contributed by atoms with Crippen LogP contribution >= 0.6 is 0 Å². The molecule has 4 aliphatic rings. The Labute approximate surface area is 380 Å². The molecular formula is C48H55FN16O. The summed E-state index contributed by atoms with van der Waals surface area (Å²) in [7, 11) is 0. The third-order valence-electron chi connectivity index (χ3n) is 13.6. The molecule has 66 heavy (non-hydrogen) atoms. The monoisotopic (exact) mass is 890 g/mol. The summed E-state index contributed by atoms with van der Waals surface area (Å²) in [4.78, 5) is 52.1. The van der Waals surface area contributed by atoms with Crippen LogP contribution in [-0.4, -0.2) is 111 Å². The number of nitrogens with one attached hydrogen (secondary N) is 5. The van der Waals surface area contributed by atoms with Gasteiger partial charge in [0.2, 0.25) is 17.8 Å². The van der Waals surface area contributed by atoms with E-state index in [0.29, 0.717) is 40.6 Å². The van der Waals surface area contributed by atoms with Crippen molar-refractivity contribution >= 4 is 67.4 Å². The van der Waals surface area contributed by atoms with Gasteiger partial charge < -0.3 is 35.4 Å². The predicted molar refractivity (Wildman–Crippen MR) is 255 cm³/mol. The minimum Gasteiger partial charge on any atom is -0.327 e. The van der Waals surface area contributed by atoms with Crippen molar-refractivity contribution in [3.8, 4) is 0 Å². The second-order valence-electron chi connectivity index (χ2n) is 18.0. The van der Waals surface area contributed by atoms with Gasteiger partial charge >= 0.3 is 0 Å². The van der Waals surface area contributed by atoms with E-state index in [0.717, 1.165) is 137 Å². The fourth-order valence-corrected chi connectivity index (χ4v) is 10.3. The van der Waals surface area contributed by atoms with Crippen molar-refractivity contribution < 1.29 is 4.39 Å². The molecule has 0 spiro atoms. The van der Waals surface area contributed by atoms with Crippen molar-refractivity contribution in [2.45, 2.75) is 76.5 Å². The summed E-state index contributed by atoms with van der Waals surface area (Å²) in [6.45, 7) is 10.2. The molecule has 8 aromatic heterocycles. The highest BCUT2D eigenvalue weighted by Gasteiger charge is 2.27. The van der Waals surface area contributed by atoms with Crippen LogP contribution in [0.3, 0.4) is 0 Å². The Morgan fingerprint density at radius 1 is 0.576 bits per heavy atom. The molecule has 2 aliphatic carbocycles. The Morgan fingerprint density at radius 3 is 1.58 bits per heavy atom. The van der Waals surface area contributed by atoms with Crippen LogP contribution in [0.1, 0.15) is 74.6 Å². The number of anilines is 4. The van der Waals surface area contributed by atoms with E-state index in [1.807, 2.05) is 47.4 Å². The number of halogens is 1. The van der Waals surface area contributed by atoms with E-state index in [1.54, 1.807) is 12.4 Å². The summed E-state index contributed by atoms with van der Waals surface area (Å²) in [5.74, 6) is 1.90. The standard InChI is InChI=1S/C24H27FN8.C24H28N8O/c25-22-21-18(7-8-27-22)19-14-29-24(31-23(19)33(21)17-3-1-2-4-17)30-20-6-5-16(13-28-20)15-32-11-9-26-10-12-32;33-23-21-18(7-8-26-23)19-14-28-24(30-22(19)32(21)17-3-1-2-4-17)29-20-6-5-16(13-27-20)15-31-11-9-25-10-12-31/h5-8,13-14,17,26H,1-4,9-12,15H2,(H,28,29,30,31);5-8,13-14,17,25H,1-4,9-12,15H2,(H,26,33)(H,27,28,29,30). The van der Waals surface area contributed by atoms with Crippen LogP contribution in [0.4, 0.5) is 27.9 Å². The lowest BCUT2D eigenvalue weighted by Gasteiger charge is -2.27. The van der Waals surface area contributed by atoms with E-state index >= 15 is 0 Å². The molecule has 340 valence electrons. The lowest BCUT2D eigenvalue weighted by atomic mass is 10.2. The van der Waals surface area contributed by atoms with Gasteiger partial charge in [0.15, 0.2) is 0 Å². The van der Waals surface area contributed by atoms with Gasteiger partial charge in [0.1, 0.15) is 34.0 Å². The average Bonchev–Trinajstić information content (AvgIpc) is 4.18. The van der Waals surface area contributed by atoms with Crippen LogP contribution in [0.25, 0.3) is 43.9 Å². The fraction of sp³-hybridized carbons (Fsp3) is 0.417. The summed E-state index contributed by atoms with van der Waals surface area (Å²) in [6, 6.07) is 12.4. The van der Waals surface area contributed by atoms with E-state index in [9.17, 15) is 9.18 Å². The van der Waals surface area contributed by atoms with Crippen LogP contribution < -0.4 is 26.8 Å². The highest BCUT2D eigenvalue weighted by atomic mass is 19.1. The van der Waals surface area contributed by atoms with E-state index in [4.69, 9.17) is 9.97 Å². The smallest absolute Gasteiger partial charge is 0.272 e. The van der Waals surface area contributed by atoms with E-state index in [-0.39, 0.29) is 11.6 Å². The molecule has 0 aromatic carbocycles. The van der Waals surface area contributed by atoms with E-state index in [2.05, 4.69) is 77.7 Å². The van der Waals surface area contributed by atoms with Gasteiger partial charge in [-0.2, -0.15) is 14.4 Å². The molecule has 8 aromatic rings. The molecule has 17 nitrogen and oxygen atoms in total. The topological polar surface area (TPSA) is 188 Å². The summed E-state index contributed by atoms with van der Waals surface area (Å²) >= 11 is 0. The summed E-state index contributed by atoms with van der Waals surface area (Å²) in [5, 5.41) is 16.7. The van der Waals surface area contributed by atoms with Crippen LogP contribution in [0.15, 0.2) is 78.4 Å². The summed E-state index contributed by atoms with van der Waals surface area (Å²) in [5.41, 5.74) is 5.08. The zero-order chi connectivity index (χ0) is 44.4. The second-order valence-corrected chi connectivity index (χ2v) is 18.0. The van der Waals surface area contributed by atoms with E-state index < -0.39 is 5.95 Å². The predicted octanol–water partition coefficient (Wildman–Crippen LogP) is 6.71. The van der Waals surface area contributed by atoms with Crippen molar-refractivity contribution in [1.29, 1.82) is 0 Å². The van der Waals surface area contributed by atoms with E-state index in [1.165, 1.54) is 30.2 Å². The Balaban J connectivity index is 0.000000146. The molecule has 10 heterocycles. The number of fused-ring (bicyclic) bond motifs is 6. The average molecular weight is 891 g/mol. The van der Waals surface area contributed by atoms with Gasteiger partial charge in [0, 0.05) is 136 Å². The Morgan fingerprint density at radius 2 is 1.08 bits per heavy atom. The summed E-state index contributed by atoms with van der Waals surface area (Å²) in [6.07, 6.45) is 19.4. The van der Waals surface area contributed by atoms with Gasteiger partial charge in [0.25, 0.3) is 5.56 Å². The van der Waals surface area contributed by atoms with Crippen LogP contribution in [-0.2, 0) is 13.1 Å². The molecular weight excluding hydrogens is 836 g/mol. The number of pyridine rings is 4. The molecule has 2 saturated carbocycles. The van der Waals surface area contributed by atoms with Gasteiger partial charge in [0.05, 0.1) is 0 Å². The number of aromatic amines is 1. The first kappa shape index (κ1) is 42.2. The minimum atomic E-state index is -0.450. The van der Waals surface area contributed by atoms with Crippen molar-refractivity contribution in [2.24, 2.45) is 0 Å². The number of piperazine rings is 2. The molecule has 12 rings (SSSR count). The van der Waals surface area contributed by atoms with Gasteiger partial charge in [-0.1, -0.05) is 37.8 Å². The normalized spacial score (nSPS) is 17.8. The Kier molecular flexibility index (Phi) is 12.0. The van der Waals surface area contributed by atoms with Crippen LogP contribution in [0.2, 0.25) is 0 Å². The molecule has 0 atom stereocenters. The quantitative estimate of drug-likeness (QED) is 0.0912. The maximum atomic E-state index is 14.8. The molecule has 0 unspecified atom stereocenters. The third kappa shape index (κ3) is 8.68. The van der Waals surface area contributed by atoms with Gasteiger partial charge in [-0.25, -0.2) is 24.9 Å². The van der Waals surface area contributed by atoms with Crippen molar-refractivity contribution in [3.63, 3.8) is 0 Å². The maximum absolute atomic E-state index is 14.8. The molecule has 2 aliphatic heterocycles. The Bertz CT molecular complexity index is 3020. The van der Waals surface area contributed by atoms with Gasteiger partial charge in [-0.15, -0.1) is 0 Å². The van der Waals surface area contributed by atoms with Crippen LogP contribution in [0, 0.1) is 5.95 Å². The van der Waals surface area contributed by atoms with Gasteiger partial charge in [-0.3, -0.25) is 14.6 Å². The number of hydrogen-bond acceptors (Lipinski definition) is 14. The number of aromatic nitrogens is 10. The van der Waals surface area contributed by atoms with Crippen molar-refractivity contribution in [3.05, 3.63) is 101 Å². The minimum absolute atomic E-state index is 0.0753. The molecule has 0 bridgehead atoms. The number of hydrogen-bond donors (Lipinski definition) is 5. The summed E-state index contributed by atoms with van der Waals surface area (Å²) < 4.78 is 18.9. The first-order chi connectivity index (χ1) is 32.5. The molecule has 5 N–H and O–H groups in total. The van der Waals surface area contributed by atoms with Crippen molar-refractivity contribution in [1.82, 2.24) is 69.4 Å². The largest absolute Gasteiger partial charge is 0.327 e. The zero-order valence-corrected chi connectivity index (χ0v) is 37.0. The fourth-order valence-electron chi connectivity index (χ4n) is 10.3. The number of rotatable bonds is 10. The molecule has 0 radical (unpaired) electrons. The SMILES string of the molecule is Fc1nccc2c3cnc(Nc4ccc(CN5CCNCC5)cn4)nc3n(C3CCCC3)c12.O=c1[nH]ccc2c3cnc(Nc4ccc(CN5CCNCC5)cn4)nc3n(C3CCCC3)c12. The highest BCUT2D eigenvalue weighted by Crippen LogP contribution is 2.39. The lowest BCUT2D eigenvalue weighted by molar-refractivity contribution is 0.233. The second kappa shape index (κ2) is 18.8. The highest BCUT2D eigenvalue weighted by molar-refractivity contribution is 6.07. The molecule has 0 amide bonds. The number of nitrogens with zero attached hydrogens (tertiary/aromatic N) is 11. The number of H-pyrrole nitrogens is 1. The Hall–Kier alpha value is -6.47. The maximum Gasteiger partial charge on any atom is 0.272 e. The lowest BCUT2D eigenvalue weighted by Crippen LogP contribution is -2.42. The molecule has 18 heteroatoms. The molecule has 2 saturated heterocycles. The van der Waals surface area contributed by atoms with Crippen molar-refractivity contribution in [2.75, 3.05) is 63.0 Å². The first-order valence-corrected chi connectivity index (χ1v) is 23.5. The first-order valence-electron chi connectivity index (χ1n) is 23.5. The zero-order valence-electron chi connectivity index (χ0n) is 37.0.